The average Bonchev–Trinajstić information content (AvgIpc) is 3.01. The summed E-state index contributed by atoms with van der Waals surface area (Å²) in [5.74, 6) is -0.702. The Morgan fingerprint density at radius 2 is 1.64 bits per heavy atom. The van der Waals surface area contributed by atoms with Crippen molar-refractivity contribution < 1.29 is 9.59 Å². The van der Waals surface area contributed by atoms with E-state index in [2.05, 4.69) is 10.9 Å². The van der Waals surface area contributed by atoms with Crippen LogP contribution in [0.25, 0.3) is 0 Å². The summed E-state index contributed by atoms with van der Waals surface area (Å²) < 4.78 is 0. The summed E-state index contributed by atoms with van der Waals surface area (Å²) in [7, 11) is 0. The molecule has 0 saturated heterocycles. The number of thiophene rings is 1. The van der Waals surface area contributed by atoms with E-state index in [1.807, 2.05) is 12.1 Å². The first-order chi connectivity index (χ1) is 12.2. The van der Waals surface area contributed by atoms with E-state index in [9.17, 15) is 9.59 Å². The van der Waals surface area contributed by atoms with E-state index in [0.717, 1.165) is 12.8 Å². The van der Waals surface area contributed by atoms with Crippen molar-refractivity contribution in [2.24, 2.45) is 0 Å². The fraction of sp³-hybridized carbons (Fsp3) is 0.316. The SMILES string of the molecule is N#Cc1ccc(C(=O)NNC(=O)c2cc3c(s2)CCCCCC3)cc1. The van der Waals surface area contributed by atoms with Gasteiger partial charge in [0.2, 0.25) is 0 Å². The van der Waals surface area contributed by atoms with Crippen LogP contribution in [-0.4, -0.2) is 11.8 Å². The van der Waals surface area contributed by atoms with Crippen molar-refractivity contribution >= 4 is 23.2 Å². The van der Waals surface area contributed by atoms with Crippen molar-refractivity contribution in [3.63, 3.8) is 0 Å². The van der Waals surface area contributed by atoms with Crippen LogP contribution in [0, 0.1) is 11.3 Å². The van der Waals surface area contributed by atoms with Crippen molar-refractivity contribution in [1.82, 2.24) is 10.9 Å². The number of carbonyl (C=O) groups excluding carboxylic acids is 2. The van der Waals surface area contributed by atoms with Crippen LogP contribution in [0.5, 0.6) is 0 Å². The average molecular weight is 353 g/mol. The summed E-state index contributed by atoms with van der Waals surface area (Å²) in [5.41, 5.74) is 7.04. The zero-order valence-electron chi connectivity index (χ0n) is 13.8. The largest absolute Gasteiger partial charge is 0.279 e. The van der Waals surface area contributed by atoms with E-state index in [4.69, 9.17) is 5.26 Å². The molecule has 1 heterocycles. The Morgan fingerprint density at radius 1 is 0.960 bits per heavy atom. The highest BCUT2D eigenvalue weighted by Crippen LogP contribution is 2.28. The van der Waals surface area contributed by atoms with Gasteiger partial charge >= 0.3 is 0 Å². The lowest BCUT2D eigenvalue weighted by molar-refractivity contribution is 0.0849. The maximum Gasteiger partial charge on any atom is 0.279 e. The van der Waals surface area contributed by atoms with Crippen molar-refractivity contribution in [2.45, 2.75) is 38.5 Å². The molecule has 6 heteroatoms. The second-order valence-electron chi connectivity index (χ2n) is 6.07. The molecule has 128 valence electrons. The predicted molar refractivity (Wildman–Crippen MR) is 96.3 cm³/mol. The number of hydrazine groups is 1. The third kappa shape index (κ3) is 4.25. The fourth-order valence-corrected chi connectivity index (χ4v) is 4.05. The molecule has 0 fully saturated rings. The first-order valence-corrected chi connectivity index (χ1v) is 9.21. The molecule has 0 atom stereocenters. The Labute approximate surface area is 150 Å². The highest BCUT2D eigenvalue weighted by Gasteiger charge is 2.16. The van der Waals surface area contributed by atoms with E-state index in [-0.39, 0.29) is 5.91 Å². The second-order valence-corrected chi connectivity index (χ2v) is 7.21. The molecule has 0 bridgehead atoms. The standard InChI is InChI=1S/C19H19N3O2S/c20-12-13-7-9-14(10-8-13)18(23)21-22-19(24)17-11-15-5-3-1-2-4-6-16(15)25-17/h7-11H,1-6H2,(H,21,23)(H,22,24). The molecule has 1 aliphatic carbocycles. The molecule has 25 heavy (non-hydrogen) atoms. The van der Waals surface area contributed by atoms with Gasteiger partial charge in [0, 0.05) is 10.4 Å². The lowest BCUT2D eigenvalue weighted by atomic mass is 10.00. The molecule has 0 aliphatic heterocycles. The van der Waals surface area contributed by atoms with Gasteiger partial charge in [0.05, 0.1) is 16.5 Å². The molecular formula is C19H19N3O2S. The van der Waals surface area contributed by atoms with Crippen LogP contribution >= 0.6 is 11.3 Å². The quantitative estimate of drug-likeness (QED) is 0.812. The summed E-state index contributed by atoms with van der Waals surface area (Å²) in [6, 6.07) is 10.2. The minimum absolute atomic E-state index is 0.293. The van der Waals surface area contributed by atoms with E-state index in [1.165, 1.54) is 47.5 Å². The van der Waals surface area contributed by atoms with Crippen LogP contribution < -0.4 is 10.9 Å². The first kappa shape index (κ1) is 17.2. The smallest absolute Gasteiger partial charge is 0.267 e. The molecule has 0 unspecified atom stereocenters. The van der Waals surface area contributed by atoms with Gasteiger partial charge in [-0.3, -0.25) is 20.4 Å². The number of amides is 2. The first-order valence-electron chi connectivity index (χ1n) is 8.40. The number of aryl methyl sites for hydroxylation is 2. The summed E-state index contributed by atoms with van der Waals surface area (Å²) in [5, 5.41) is 8.77. The minimum atomic E-state index is -0.409. The molecule has 1 aliphatic rings. The molecule has 3 rings (SSSR count). The van der Waals surface area contributed by atoms with Crippen LogP contribution in [0.2, 0.25) is 0 Å². The summed E-state index contributed by atoms with van der Waals surface area (Å²) in [6.07, 6.45) is 6.89. The number of fused-ring (bicyclic) bond motifs is 1. The maximum atomic E-state index is 12.3. The zero-order chi connectivity index (χ0) is 17.6. The molecule has 0 spiro atoms. The lowest BCUT2D eigenvalue weighted by Gasteiger charge is -2.07. The van der Waals surface area contributed by atoms with Crippen LogP contribution in [0.3, 0.4) is 0 Å². The van der Waals surface area contributed by atoms with Crippen LogP contribution in [-0.2, 0) is 12.8 Å². The Morgan fingerprint density at radius 3 is 2.36 bits per heavy atom. The number of nitriles is 1. The van der Waals surface area contributed by atoms with Gasteiger partial charge in [-0.25, -0.2) is 0 Å². The molecule has 1 aromatic heterocycles. The van der Waals surface area contributed by atoms with E-state index in [1.54, 1.807) is 24.3 Å². The molecular weight excluding hydrogens is 334 g/mol. The topological polar surface area (TPSA) is 82.0 Å². The van der Waals surface area contributed by atoms with E-state index >= 15 is 0 Å². The maximum absolute atomic E-state index is 12.3. The fourth-order valence-electron chi connectivity index (χ4n) is 2.90. The predicted octanol–water partition coefficient (Wildman–Crippen LogP) is 3.35. The van der Waals surface area contributed by atoms with Crippen molar-refractivity contribution in [1.29, 1.82) is 5.26 Å². The van der Waals surface area contributed by atoms with Crippen molar-refractivity contribution in [3.05, 3.63) is 56.8 Å². The van der Waals surface area contributed by atoms with Crippen LogP contribution in [0.4, 0.5) is 0 Å². The lowest BCUT2D eigenvalue weighted by Crippen LogP contribution is -2.41. The molecule has 0 radical (unpaired) electrons. The number of benzene rings is 1. The van der Waals surface area contributed by atoms with Crippen LogP contribution in [0.15, 0.2) is 30.3 Å². The number of nitrogens with zero attached hydrogens (tertiary/aromatic N) is 1. The van der Waals surface area contributed by atoms with Gasteiger partial charge in [-0.2, -0.15) is 5.26 Å². The third-order valence-electron chi connectivity index (χ3n) is 4.29. The zero-order valence-corrected chi connectivity index (χ0v) is 14.6. The van der Waals surface area contributed by atoms with Gasteiger partial charge < -0.3 is 0 Å². The Bertz CT molecular complexity index is 793. The van der Waals surface area contributed by atoms with Crippen molar-refractivity contribution in [3.8, 4) is 6.07 Å². The molecule has 2 aromatic rings. The summed E-state index contributed by atoms with van der Waals surface area (Å²) in [4.78, 5) is 26.3. The van der Waals surface area contributed by atoms with Gasteiger partial charge in [0.25, 0.3) is 11.8 Å². The third-order valence-corrected chi connectivity index (χ3v) is 5.52. The number of carbonyl (C=O) groups is 2. The van der Waals surface area contributed by atoms with Crippen molar-refractivity contribution in [2.75, 3.05) is 0 Å². The van der Waals surface area contributed by atoms with Gasteiger partial charge in [-0.15, -0.1) is 11.3 Å². The second kappa shape index (κ2) is 7.95. The highest BCUT2D eigenvalue weighted by molar-refractivity contribution is 7.14. The normalized spacial score (nSPS) is 13.7. The molecule has 2 N–H and O–H groups in total. The minimum Gasteiger partial charge on any atom is -0.267 e. The highest BCUT2D eigenvalue weighted by atomic mass is 32.1. The number of hydrogen-bond donors (Lipinski definition) is 2. The number of rotatable bonds is 2. The van der Waals surface area contributed by atoms with Crippen LogP contribution in [0.1, 0.15) is 61.7 Å². The molecule has 1 aromatic carbocycles. The van der Waals surface area contributed by atoms with Gasteiger partial charge in [0.15, 0.2) is 0 Å². The molecule has 5 nitrogen and oxygen atoms in total. The monoisotopic (exact) mass is 353 g/mol. The Hall–Kier alpha value is -2.65. The van der Waals surface area contributed by atoms with Gasteiger partial charge in [0.1, 0.15) is 0 Å². The summed E-state index contributed by atoms with van der Waals surface area (Å²) >= 11 is 1.52. The Balaban J connectivity index is 1.61. The number of nitrogens with one attached hydrogen (secondary N) is 2. The molecule has 2 amide bonds. The summed E-state index contributed by atoms with van der Waals surface area (Å²) in [6.45, 7) is 0. The number of hydrogen-bond acceptors (Lipinski definition) is 4. The van der Waals surface area contributed by atoms with E-state index < -0.39 is 5.91 Å². The Kier molecular flexibility index (Phi) is 5.46. The van der Waals surface area contributed by atoms with Gasteiger partial charge in [-0.1, -0.05) is 12.8 Å². The van der Waals surface area contributed by atoms with Gasteiger partial charge in [-0.05, 0) is 61.6 Å². The molecule has 0 saturated carbocycles. The van der Waals surface area contributed by atoms with E-state index in [0.29, 0.717) is 16.0 Å².